The van der Waals surface area contributed by atoms with Crippen LogP contribution in [0.4, 0.5) is 0 Å². The van der Waals surface area contributed by atoms with Gasteiger partial charge < -0.3 is 10.1 Å². The summed E-state index contributed by atoms with van der Waals surface area (Å²) in [7, 11) is 0. The van der Waals surface area contributed by atoms with Crippen LogP contribution >= 0.6 is 12.4 Å². The Morgan fingerprint density at radius 2 is 2.08 bits per heavy atom. The summed E-state index contributed by atoms with van der Waals surface area (Å²) in [5.74, 6) is 2.46. The third-order valence-electron chi connectivity index (χ3n) is 3.03. The average Bonchev–Trinajstić information content (AvgIpc) is 2.49. The average molecular weight is 206 g/mol. The number of halogens is 1. The predicted octanol–water partition coefficient (Wildman–Crippen LogP) is 0.827. The molecule has 3 atom stereocenters. The number of carbonyl (C=O) groups is 1. The van der Waals surface area contributed by atoms with Gasteiger partial charge in [-0.3, -0.25) is 4.79 Å². The van der Waals surface area contributed by atoms with Gasteiger partial charge in [0, 0.05) is 6.92 Å². The fourth-order valence-electron chi connectivity index (χ4n) is 2.31. The van der Waals surface area contributed by atoms with Crippen LogP contribution in [0.3, 0.4) is 0 Å². The number of piperidine rings is 1. The first kappa shape index (κ1) is 10.8. The van der Waals surface area contributed by atoms with Gasteiger partial charge in [0.15, 0.2) is 0 Å². The Balaban J connectivity index is 0.000000845. The molecule has 76 valence electrons. The van der Waals surface area contributed by atoms with Gasteiger partial charge in [-0.1, -0.05) is 0 Å². The van der Waals surface area contributed by atoms with Gasteiger partial charge >= 0.3 is 5.97 Å². The second-order valence-electron chi connectivity index (χ2n) is 3.78. The van der Waals surface area contributed by atoms with Crippen molar-refractivity contribution in [2.45, 2.75) is 13.3 Å². The molecule has 0 aromatic carbocycles. The number of hydrogen-bond acceptors (Lipinski definition) is 3. The molecule has 1 aliphatic carbocycles. The van der Waals surface area contributed by atoms with Crippen LogP contribution in [0.25, 0.3) is 0 Å². The number of carbonyl (C=O) groups excluding carboxylic acids is 1. The molecule has 3 nitrogen and oxygen atoms in total. The van der Waals surface area contributed by atoms with E-state index in [1.807, 2.05) is 0 Å². The summed E-state index contributed by atoms with van der Waals surface area (Å²) in [5.41, 5.74) is 0. The van der Waals surface area contributed by atoms with Gasteiger partial charge in [-0.05, 0) is 37.3 Å². The van der Waals surface area contributed by atoms with Gasteiger partial charge in [0.2, 0.25) is 0 Å². The molecule has 1 saturated carbocycles. The van der Waals surface area contributed by atoms with E-state index in [1.54, 1.807) is 0 Å². The summed E-state index contributed by atoms with van der Waals surface area (Å²) in [4.78, 5) is 10.5. The maximum Gasteiger partial charge on any atom is 0.302 e. The molecule has 4 heteroatoms. The number of hydrogen-bond donors (Lipinski definition) is 1. The van der Waals surface area contributed by atoms with Crippen LogP contribution in [0.5, 0.6) is 0 Å². The van der Waals surface area contributed by atoms with Crippen molar-refractivity contribution >= 4 is 18.4 Å². The molecule has 0 amide bonds. The molecular weight excluding hydrogens is 190 g/mol. The van der Waals surface area contributed by atoms with Crippen LogP contribution in [0, 0.1) is 17.8 Å². The van der Waals surface area contributed by atoms with Crippen molar-refractivity contribution < 1.29 is 9.53 Å². The van der Waals surface area contributed by atoms with Crippen molar-refractivity contribution in [2.75, 3.05) is 19.7 Å². The lowest BCUT2D eigenvalue weighted by Crippen LogP contribution is -2.15. The fourth-order valence-corrected chi connectivity index (χ4v) is 2.31. The highest BCUT2D eigenvalue weighted by molar-refractivity contribution is 5.85. The second-order valence-corrected chi connectivity index (χ2v) is 3.78. The third kappa shape index (κ3) is 2.35. The van der Waals surface area contributed by atoms with Crippen molar-refractivity contribution in [1.82, 2.24) is 5.32 Å². The molecule has 0 aromatic heterocycles. The highest BCUT2D eigenvalue weighted by atomic mass is 35.5. The minimum Gasteiger partial charge on any atom is -0.466 e. The van der Waals surface area contributed by atoms with Crippen molar-refractivity contribution in [3.8, 4) is 0 Å². The van der Waals surface area contributed by atoms with Crippen molar-refractivity contribution in [1.29, 1.82) is 0 Å². The van der Waals surface area contributed by atoms with Crippen molar-refractivity contribution in [3.05, 3.63) is 0 Å². The lowest BCUT2D eigenvalue weighted by atomic mass is 10.2. The first-order valence-corrected chi connectivity index (χ1v) is 4.63. The number of fused-ring (bicyclic) bond motifs is 1. The highest BCUT2D eigenvalue weighted by Gasteiger charge is 2.51. The van der Waals surface area contributed by atoms with Crippen LogP contribution < -0.4 is 5.32 Å². The van der Waals surface area contributed by atoms with Gasteiger partial charge in [0.25, 0.3) is 0 Å². The largest absolute Gasteiger partial charge is 0.466 e. The first-order chi connectivity index (χ1) is 5.79. The fraction of sp³-hybridized carbons (Fsp3) is 0.889. The normalized spacial score (nSPS) is 34.7. The molecule has 0 bridgehead atoms. The third-order valence-corrected chi connectivity index (χ3v) is 3.03. The van der Waals surface area contributed by atoms with Crippen molar-refractivity contribution in [3.63, 3.8) is 0 Å². The minimum atomic E-state index is -0.154. The first-order valence-electron chi connectivity index (χ1n) is 4.63. The van der Waals surface area contributed by atoms with Gasteiger partial charge in [-0.2, -0.15) is 0 Å². The minimum absolute atomic E-state index is 0. The molecule has 1 unspecified atom stereocenters. The van der Waals surface area contributed by atoms with Gasteiger partial charge in [0.1, 0.15) is 0 Å². The summed E-state index contributed by atoms with van der Waals surface area (Å²) in [6.07, 6.45) is 1.07. The van der Waals surface area contributed by atoms with E-state index < -0.39 is 0 Å². The van der Waals surface area contributed by atoms with E-state index in [1.165, 1.54) is 20.0 Å². The Labute approximate surface area is 84.6 Å². The Bertz CT molecular complexity index is 188. The molecule has 1 N–H and O–H groups in total. The summed E-state index contributed by atoms with van der Waals surface area (Å²) >= 11 is 0. The van der Waals surface area contributed by atoms with Gasteiger partial charge in [-0.25, -0.2) is 0 Å². The quantitative estimate of drug-likeness (QED) is 0.694. The molecular formula is C9H16ClNO2. The smallest absolute Gasteiger partial charge is 0.302 e. The lowest BCUT2D eigenvalue weighted by molar-refractivity contribution is -0.141. The van der Waals surface area contributed by atoms with E-state index in [4.69, 9.17) is 4.74 Å². The topological polar surface area (TPSA) is 38.3 Å². The Morgan fingerprint density at radius 3 is 2.62 bits per heavy atom. The molecule has 13 heavy (non-hydrogen) atoms. The molecule has 1 aliphatic heterocycles. The zero-order valence-electron chi connectivity index (χ0n) is 7.79. The van der Waals surface area contributed by atoms with Gasteiger partial charge in [0.05, 0.1) is 6.61 Å². The molecule has 0 radical (unpaired) electrons. The molecule has 1 saturated heterocycles. The molecule has 0 spiro atoms. The molecule has 0 aromatic rings. The zero-order valence-corrected chi connectivity index (χ0v) is 8.60. The molecule has 1 heterocycles. The Hall–Kier alpha value is -0.280. The maximum atomic E-state index is 10.5. The molecule has 2 aliphatic rings. The standard InChI is InChI=1S/C9H15NO2.ClH/c1-6(11)12-3-2-7-8-4-10-5-9(7)8;/h7-10H,2-5H2,1H3;1H/t7?,8-,9+;. The van der Waals surface area contributed by atoms with E-state index in [-0.39, 0.29) is 18.4 Å². The lowest BCUT2D eigenvalue weighted by Gasteiger charge is -2.03. The van der Waals surface area contributed by atoms with Crippen LogP contribution in [0.2, 0.25) is 0 Å². The summed E-state index contributed by atoms with van der Waals surface area (Å²) in [5, 5.41) is 3.34. The Morgan fingerprint density at radius 1 is 1.46 bits per heavy atom. The van der Waals surface area contributed by atoms with Crippen LogP contribution in [-0.2, 0) is 9.53 Å². The SMILES string of the molecule is CC(=O)OCCC1[C@H]2CNC[C@@H]12.Cl. The van der Waals surface area contributed by atoms with E-state index in [0.717, 1.165) is 24.2 Å². The van der Waals surface area contributed by atoms with Crippen molar-refractivity contribution in [2.24, 2.45) is 17.8 Å². The highest BCUT2D eigenvalue weighted by Crippen LogP contribution is 2.50. The monoisotopic (exact) mass is 205 g/mol. The van der Waals surface area contributed by atoms with E-state index >= 15 is 0 Å². The van der Waals surface area contributed by atoms with Crippen LogP contribution in [-0.4, -0.2) is 25.7 Å². The summed E-state index contributed by atoms with van der Waals surface area (Å²) in [6, 6.07) is 0. The van der Waals surface area contributed by atoms with E-state index in [2.05, 4.69) is 5.32 Å². The predicted molar refractivity (Wildman–Crippen MR) is 51.8 cm³/mol. The van der Waals surface area contributed by atoms with E-state index in [0.29, 0.717) is 6.61 Å². The molecule has 2 fully saturated rings. The number of ether oxygens (including phenoxy) is 1. The number of rotatable bonds is 3. The van der Waals surface area contributed by atoms with Crippen LogP contribution in [0.1, 0.15) is 13.3 Å². The van der Waals surface area contributed by atoms with Crippen LogP contribution in [0.15, 0.2) is 0 Å². The Kier molecular flexibility index (Phi) is 3.56. The number of nitrogens with one attached hydrogen (secondary N) is 1. The zero-order chi connectivity index (χ0) is 8.55. The molecule has 2 rings (SSSR count). The maximum absolute atomic E-state index is 10.5. The summed E-state index contributed by atoms with van der Waals surface area (Å²) < 4.78 is 4.90. The van der Waals surface area contributed by atoms with E-state index in [9.17, 15) is 4.79 Å². The second kappa shape index (κ2) is 4.29. The van der Waals surface area contributed by atoms with Gasteiger partial charge in [-0.15, -0.1) is 12.4 Å². The summed E-state index contributed by atoms with van der Waals surface area (Å²) in [6.45, 7) is 4.44. The number of esters is 1.